The number of halogens is 2. The Morgan fingerprint density at radius 1 is 1.27 bits per heavy atom. The van der Waals surface area contributed by atoms with Crippen molar-refractivity contribution in [3.8, 4) is 5.75 Å². The van der Waals surface area contributed by atoms with Crippen LogP contribution in [-0.4, -0.2) is 33.5 Å². The molecule has 2 N–H and O–H groups in total. The number of methoxy groups -OCH3 is 1. The highest BCUT2D eigenvalue weighted by molar-refractivity contribution is 6.34. The number of carbonyl (C=O) groups excluding carboxylic acids is 1. The topological polar surface area (TPSA) is 92.9 Å². The zero-order chi connectivity index (χ0) is 18.8. The predicted molar refractivity (Wildman–Crippen MR) is 97.5 cm³/mol. The summed E-state index contributed by atoms with van der Waals surface area (Å²) in [6, 6.07) is 6.05. The Balaban J connectivity index is 1.79. The van der Waals surface area contributed by atoms with Crippen molar-refractivity contribution in [3.05, 3.63) is 58.0 Å². The zero-order valence-electron chi connectivity index (χ0n) is 13.5. The number of carbonyl (C=O) groups is 2. The number of benzene rings is 1. The molecule has 0 aliphatic heterocycles. The Morgan fingerprint density at radius 2 is 2.04 bits per heavy atom. The molecular formula is C17H13Cl2N3O4. The molecule has 134 valence electrons. The summed E-state index contributed by atoms with van der Waals surface area (Å²) in [6.45, 7) is 0. The van der Waals surface area contributed by atoms with E-state index in [-0.39, 0.29) is 34.4 Å². The van der Waals surface area contributed by atoms with Crippen LogP contribution < -0.4 is 10.1 Å². The van der Waals surface area contributed by atoms with Gasteiger partial charge in [-0.25, -0.2) is 9.78 Å². The van der Waals surface area contributed by atoms with E-state index in [0.717, 1.165) is 0 Å². The number of nitrogens with zero attached hydrogens (tertiary/aromatic N) is 2. The third-order valence-corrected chi connectivity index (χ3v) is 4.14. The van der Waals surface area contributed by atoms with Gasteiger partial charge in [0.25, 0.3) is 0 Å². The molecule has 0 bridgehead atoms. The van der Waals surface area contributed by atoms with Gasteiger partial charge in [-0.15, -0.1) is 0 Å². The molecule has 0 unspecified atom stereocenters. The van der Waals surface area contributed by atoms with Gasteiger partial charge in [0, 0.05) is 18.5 Å². The van der Waals surface area contributed by atoms with Crippen LogP contribution >= 0.6 is 23.2 Å². The number of carboxylic acids is 1. The molecule has 0 aliphatic carbocycles. The minimum Gasteiger partial charge on any atom is -0.496 e. The predicted octanol–water partition coefficient (Wildman–Crippen LogP) is 3.53. The first-order valence-corrected chi connectivity index (χ1v) is 8.17. The number of amides is 1. The molecule has 0 spiro atoms. The van der Waals surface area contributed by atoms with Crippen molar-refractivity contribution in [2.75, 3.05) is 12.4 Å². The van der Waals surface area contributed by atoms with Crippen molar-refractivity contribution in [1.29, 1.82) is 0 Å². The van der Waals surface area contributed by atoms with Gasteiger partial charge < -0.3 is 19.6 Å². The van der Waals surface area contributed by atoms with Crippen LogP contribution in [0.3, 0.4) is 0 Å². The van der Waals surface area contributed by atoms with Gasteiger partial charge in [-0.05, 0) is 18.2 Å². The van der Waals surface area contributed by atoms with Crippen LogP contribution in [0, 0.1) is 0 Å². The maximum atomic E-state index is 12.3. The maximum Gasteiger partial charge on any atom is 0.339 e. The summed E-state index contributed by atoms with van der Waals surface area (Å²) in [6.07, 6.45) is 3.41. The number of nitrogens with one attached hydrogen (secondary N) is 1. The van der Waals surface area contributed by atoms with E-state index in [9.17, 15) is 9.59 Å². The fraction of sp³-hybridized carbons (Fsp3) is 0.118. The molecule has 9 heteroatoms. The van der Waals surface area contributed by atoms with Gasteiger partial charge in [-0.3, -0.25) is 4.79 Å². The zero-order valence-corrected chi connectivity index (χ0v) is 15.0. The second-order valence-corrected chi connectivity index (χ2v) is 6.25. The SMILES string of the molecule is COc1cc(NC(=O)Cc2cn3cc(Cl)ccc3n2)c(Cl)cc1C(=O)O. The number of aromatic carboxylic acids is 1. The molecule has 0 saturated heterocycles. The van der Waals surface area contributed by atoms with Gasteiger partial charge in [0.05, 0.1) is 35.0 Å². The molecule has 2 aromatic heterocycles. The number of imidazole rings is 1. The van der Waals surface area contributed by atoms with Gasteiger partial charge in [-0.1, -0.05) is 23.2 Å². The molecule has 0 radical (unpaired) electrons. The average molecular weight is 394 g/mol. The van der Waals surface area contributed by atoms with E-state index in [1.807, 2.05) is 0 Å². The Morgan fingerprint density at radius 3 is 2.73 bits per heavy atom. The van der Waals surface area contributed by atoms with E-state index in [1.165, 1.54) is 19.2 Å². The van der Waals surface area contributed by atoms with Gasteiger partial charge in [0.15, 0.2) is 0 Å². The van der Waals surface area contributed by atoms with Crippen LogP contribution in [-0.2, 0) is 11.2 Å². The lowest BCUT2D eigenvalue weighted by atomic mass is 10.1. The Bertz CT molecular complexity index is 1020. The van der Waals surface area contributed by atoms with Crippen LogP contribution in [0.25, 0.3) is 5.65 Å². The molecule has 7 nitrogen and oxygen atoms in total. The lowest BCUT2D eigenvalue weighted by Crippen LogP contribution is -2.15. The highest BCUT2D eigenvalue weighted by Gasteiger charge is 2.17. The second kappa shape index (κ2) is 7.23. The summed E-state index contributed by atoms with van der Waals surface area (Å²) in [4.78, 5) is 27.8. The molecule has 1 aromatic carbocycles. The summed E-state index contributed by atoms with van der Waals surface area (Å²) in [5, 5.41) is 12.4. The van der Waals surface area contributed by atoms with E-state index in [1.54, 1.807) is 28.9 Å². The number of carboxylic acid groups (broad SMARTS) is 1. The Hall–Kier alpha value is -2.77. The first kappa shape index (κ1) is 18.0. The van der Waals surface area contributed by atoms with E-state index in [0.29, 0.717) is 16.4 Å². The summed E-state index contributed by atoms with van der Waals surface area (Å²) < 4.78 is 6.76. The van der Waals surface area contributed by atoms with Crippen LogP contribution in [0.15, 0.2) is 36.7 Å². The molecule has 0 fully saturated rings. The second-order valence-electron chi connectivity index (χ2n) is 5.41. The molecule has 0 atom stereocenters. The van der Waals surface area contributed by atoms with Crippen LogP contribution in [0.1, 0.15) is 16.1 Å². The summed E-state index contributed by atoms with van der Waals surface area (Å²) in [5.41, 5.74) is 1.38. The van der Waals surface area contributed by atoms with E-state index < -0.39 is 5.97 Å². The summed E-state index contributed by atoms with van der Waals surface area (Å²) >= 11 is 12.0. The number of hydrogen-bond donors (Lipinski definition) is 2. The number of aromatic nitrogens is 2. The van der Waals surface area contributed by atoms with E-state index >= 15 is 0 Å². The van der Waals surface area contributed by atoms with Crippen molar-refractivity contribution >= 4 is 46.4 Å². The minimum atomic E-state index is -1.18. The average Bonchev–Trinajstić information content (AvgIpc) is 2.97. The molecule has 0 aliphatic rings. The lowest BCUT2D eigenvalue weighted by Gasteiger charge is -2.11. The number of rotatable bonds is 5. The third-order valence-electron chi connectivity index (χ3n) is 3.60. The van der Waals surface area contributed by atoms with Crippen LogP contribution in [0.5, 0.6) is 5.75 Å². The quantitative estimate of drug-likeness (QED) is 0.691. The van der Waals surface area contributed by atoms with Gasteiger partial charge >= 0.3 is 5.97 Å². The van der Waals surface area contributed by atoms with Gasteiger partial charge in [-0.2, -0.15) is 0 Å². The monoisotopic (exact) mass is 393 g/mol. The standard InChI is InChI=1S/C17H13Cl2N3O4/c1-26-14-6-13(12(19)5-11(14)17(24)25)21-16(23)4-10-8-22-7-9(18)2-3-15(22)20-10/h2-3,5-8H,4H2,1H3,(H,21,23)(H,24,25). The largest absolute Gasteiger partial charge is 0.496 e. The number of anilines is 1. The molecule has 1 amide bonds. The third kappa shape index (κ3) is 3.74. The van der Waals surface area contributed by atoms with Crippen molar-refractivity contribution in [3.63, 3.8) is 0 Å². The molecule has 2 heterocycles. The molecule has 26 heavy (non-hydrogen) atoms. The summed E-state index contributed by atoms with van der Waals surface area (Å²) in [5.74, 6) is -1.43. The fourth-order valence-electron chi connectivity index (χ4n) is 2.45. The molecule has 0 saturated carbocycles. The van der Waals surface area contributed by atoms with E-state index in [2.05, 4.69) is 10.3 Å². The minimum absolute atomic E-state index is 0.0125. The number of fused-ring (bicyclic) bond motifs is 1. The number of pyridine rings is 1. The van der Waals surface area contributed by atoms with E-state index in [4.69, 9.17) is 33.0 Å². The van der Waals surface area contributed by atoms with Crippen molar-refractivity contribution in [2.24, 2.45) is 0 Å². The fourth-order valence-corrected chi connectivity index (χ4v) is 2.83. The Labute approximate surface area is 158 Å². The maximum absolute atomic E-state index is 12.3. The summed E-state index contributed by atoms with van der Waals surface area (Å²) in [7, 11) is 1.34. The van der Waals surface area contributed by atoms with Crippen molar-refractivity contribution < 1.29 is 19.4 Å². The molecular weight excluding hydrogens is 381 g/mol. The number of ether oxygens (including phenoxy) is 1. The lowest BCUT2D eigenvalue weighted by molar-refractivity contribution is -0.115. The van der Waals surface area contributed by atoms with Crippen LogP contribution in [0.2, 0.25) is 10.0 Å². The van der Waals surface area contributed by atoms with Crippen LogP contribution in [0.4, 0.5) is 5.69 Å². The highest BCUT2D eigenvalue weighted by Crippen LogP contribution is 2.31. The van der Waals surface area contributed by atoms with Gasteiger partial charge in [0.1, 0.15) is 17.0 Å². The normalized spacial score (nSPS) is 10.7. The highest BCUT2D eigenvalue weighted by atomic mass is 35.5. The number of hydrogen-bond acceptors (Lipinski definition) is 4. The smallest absolute Gasteiger partial charge is 0.339 e. The Kier molecular flexibility index (Phi) is 5.01. The van der Waals surface area contributed by atoms with Crippen molar-refractivity contribution in [1.82, 2.24) is 9.38 Å². The first-order valence-electron chi connectivity index (χ1n) is 7.41. The first-order chi connectivity index (χ1) is 12.4. The van der Waals surface area contributed by atoms with Crippen molar-refractivity contribution in [2.45, 2.75) is 6.42 Å². The molecule has 3 rings (SSSR count). The molecule has 3 aromatic rings. The van der Waals surface area contributed by atoms with Gasteiger partial charge in [0.2, 0.25) is 5.91 Å².